The molecule has 2 atom stereocenters. The van der Waals surface area contributed by atoms with Crippen molar-refractivity contribution in [3.63, 3.8) is 0 Å². The normalized spacial score (nSPS) is 13.0. The van der Waals surface area contributed by atoms with Crippen LogP contribution in [0.2, 0.25) is 0 Å². The third kappa shape index (κ3) is 3.57. The Morgan fingerprint density at radius 3 is 2.07 bits per heavy atom. The van der Waals surface area contributed by atoms with E-state index < -0.39 is 28.1 Å². The average Bonchev–Trinajstić information content (AvgIpc) is 2.69. The zero-order valence-electron chi connectivity index (χ0n) is 16.5. The van der Waals surface area contributed by atoms with Gasteiger partial charge in [-0.3, -0.25) is 24.0 Å². The highest BCUT2D eigenvalue weighted by molar-refractivity contribution is 5.50. The van der Waals surface area contributed by atoms with Gasteiger partial charge in [0.15, 0.2) is 0 Å². The van der Waals surface area contributed by atoms with E-state index in [1.165, 1.54) is 28.3 Å². The van der Waals surface area contributed by atoms with Crippen LogP contribution in [0.3, 0.4) is 0 Å². The Balaban J connectivity index is 2.93. The molecule has 0 aliphatic carbocycles. The molecule has 1 aromatic carbocycles. The number of methoxy groups -OCH3 is 2. The summed E-state index contributed by atoms with van der Waals surface area (Å²) in [6, 6.07) is 3.67. The number of nitrogens with two attached hydrogens (primary N) is 1. The summed E-state index contributed by atoms with van der Waals surface area (Å²) < 4.78 is 12.5. The van der Waals surface area contributed by atoms with Crippen LogP contribution < -0.4 is 26.5 Å². The molecule has 0 saturated heterocycles. The number of nitrogen functional groups attached to an aromatic ring is 1. The Labute approximate surface area is 161 Å². The van der Waals surface area contributed by atoms with Crippen molar-refractivity contribution >= 4 is 5.82 Å². The third-order valence-electron chi connectivity index (χ3n) is 4.86. The van der Waals surface area contributed by atoms with Gasteiger partial charge in [-0.05, 0) is 17.7 Å². The number of ether oxygens (including phenoxy) is 2. The lowest BCUT2D eigenvalue weighted by Crippen LogP contribution is -2.43. The minimum Gasteiger partial charge on any atom is -0.497 e. The molecule has 0 unspecified atom stereocenters. The molecule has 0 aliphatic rings. The maximum Gasteiger partial charge on any atom is 0.332 e. The van der Waals surface area contributed by atoms with Crippen LogP contribution in [0.1, 0.15) is 30.4 Å². The molecule has 1 aromatic heterocycles. The Hall–Kier alpha value is -3.30. The summed E-state index contributed by atoms with van der Waals surface area (Å²) >= 11 is 0. The van der Waals surface area contributed by atoms with Crippen LogP contribution in [0, 0.1) is 10.1 Å². The summed E-state index contributed by atoms with van der Waals surface area (Å²) in [5, 5.41) is 11.8. The molecular weight excluding hydrogens is 368 g/mol. The van der Waals surface area contributed by atoms with Crippen LogP contribution in [0.5, 0.6) is 11.5 Å². The summed E-state index contributed by atoms with van der Waals surface area (Å²) in [7, 11) is 5.64. The second kappa shape index (κ2) is 8.15. The summed E-state index contributed by atoms with van der Waals surface area (Å²) in [4.78, 5) is 36.4. The van der Waals surface area contributed by atoms with E-state index in [2.05, 4.69) is 0 Å². The molecule has 152 valence electrons. The molecule has 0 bridgehead atoms. The number of nitro groups is 1. The van der Waals surface area contributed by atoms with Gasteiger partial charge in [0.1, 0.15) is 17.3 Å². The number of rotatable bonds is 7. The highest BCUT2D eigenvalue weighted by atomic mass is 16.6. The molecule has 1 heterocycles. The van der Waals surface area contributed by atoms with Gasteiger partial charge in [-0.1, -0.05) is 6.92 Å². The second-order valence-corrected chi connectivity index (χ2v) is 6.39. The predicted octanol–water partition coefficient (Wildman–Crippen LogP) is 0.871. The summed E-state index contributed by atoms with van der Waals surface area (Å²) in [6.45, 7) is 1.65. The average molecular weight is 392 g/mol. The van der Waals surface area contributed by atoms with Gasteiger partial charge in [0.05, 0.1) is 25.7 Å². The van der Waals surface area contributed by atoms with Crippen molar-refractivity contribution in [3.05, 3.63) is 60.3 Å². The molecule has 0 saturated carbocycles. The molecule has 2 rings (SSSR count). The van der Waals surface area contributed by atoms with E-state index in [9.17, 15) is 19.7 Å². The van der Waals surface area contributed by atoms with Gasteiger partial charge in [0, 0.05) is 31.5 Å². The Kier molecular flexibility index (Phi) is 6.12. The number of nitrogens with zero attached hydrogens (tertiary/aromatic N) is 3. The molecule has 0 radical (unpaired) electrons. The molecule has 10 nitrogen and oxygen atoms in total. The fourth-order valence-corrected chi connectivity index (χ4v) is 3.27. The molecule has 28 heavy (non-hydrogen) atoms. The van der Waals surface area contributed by atoms with Crippen LogP contribution in [-0.4, -0.2) is 34.3 Å². The monoisotopic (exact) mass is 392 g/mol. The number of hydrogen-bond acceptors (Lipinski definition) is 7. The quantitative estimate of drug-likeness (QED) is 0.546. The van der Waals surface area contributed by atoms with Crippen molar-refractivity contribution in [2.45, 2.75) is 25.3 Å². The summed E-state index contributed by atoms with van der Waals surface area (Å²) in [5.41, 5.74) is 5.23. The molecular formula is C18H24N4O6. The van der Waals surface area contributed by atoms with Crippen molar-refractivity contribution in [1.29, 1.82) is 0 Å². The molecule has 10 heteroatoms. The van der Waals surface area contributed by atoms with E-state index in [1.54, 1.807) is 25.1 Å². The van der Waals surface area contributed by atoms with E-state index in [0.29, 0.717) is 17.1 Å². The zero-order valence-corrected chi connectivity index (χ0v) is 16.5. The zero-order chi connectivity index (χ0) is 21.2. The second-order valence-electron chi connectivity index (χ2n) is 6.39. The molecule has 0 amide bonds. The Bertz CT molecular complexity index is 988. The van der Waals surface area contributed by atoms with Crippen LogP contribution in [0.15, 0.2) is 27.8 Å². The van der Waals surface area contributed by atoms with Crippen LogP contribution >= 0.6 is 0 Å². The smallest absolute Gasteiger partial charge is 0.332 e. The van der Waals surface area contributed by atoms with Crippen molar-refractivity contribution in [2.24, 2.45) is 14.1 Å². The van der Waals surface area contributed by atoms with Crippen molar-refractivity contribution < 1.29 is 14.4 Å². The Morgan fingerprint density at radius 1 is 1.11 bits per heavy atom. The first-order chi connectivity index (χ1) is 13.2. The van der Waals surface area contributed by atoms with Crippen LogP contribution in [0.4, 0.5) is 5.82 Å². The lowest BCUT2D eigenvalue weighted by atomic mass is 9.84. The van der Waals surface area contributed by atoms with Crippen LogP contribution in [0.25, 0.3) is 0 Å². The maximum absolute atomic E-state index is 12.9. The minimum absolute atomic E-state index is 0.0107. The van der Waals surface area contributed by atoms with Crippen molar-refractivity contribution in [2.75, 3.05) is 20.0 Å². The van der Waals surface area contributed by atoms with Crippen LogP contribution in [-0.2, 0) is 14.1 Å². The summed E-state index contributed by atoms with van der Waals surface area (Å²) in [6.07, 6.45) is 0.141. The fourth-order valence-electron chi connectivity index (χ4n) is 3.27. The number of benzene rings is 1. The molecule has 0 fully saturated rings. The van der Waals surface area contributed by atoms with Gasteiger partial charge in [-0.2, -0.15) is 0 Å². The predicted molar refractivity (Wildman–Crippen MR) is 104 cm³/mol. The van der Waals surface area contributed by atoms with E-state index >= 15 is 0 Å². The van der Waals surface area contributed by atoms with Gasteiger partial charge in [0.2, 0.25) is 6.04 Å². The largest absolute Gasteiger partial charge is 0.497 e. The molecule has 2 N–H and O–H groups in total. The van der Waals surface area contributed by atoms with Gasteiger partial charge in [-0.15, -0.1) is 0 Å². The minimum atomic E-state index is -1.15. The standard InChI is InChI=1S/C18H24N4O6/c1-6-13(22(25)26)14(10-7-11(27-4)9-12(8-10)28-5)15-16(19)20(2)18(24)21(3)17(15)23/h7-9,13-14H,6,19H2,1-5H3/t13-,14+/m0/s1. The lowest BCUT2D eigenvalue weighted by molar-refractivity contribution is -0.525. The lowest BCUT2D eigenvalue weighted by Gasteiger charge is -2.24. The topological polar surface area (TPSA) is 132 Å². The first-order valence-corrected chi connectivity index (χ1v) is 8.59. The van der Waals surface area contributed by atoms with E-state index in [4.69, 9.17) is 15.2 Å². The Morgan fingerprint density at radius 2 is 1.64 bits per heavy atom. The van der Waals surface area contributed by atoms with Gasteiger partial charge >= 0.3 is 5.69 Å². The van der Waals surface area contributed by atoms with Gasteiger partial charge < -0.3 is 15.2 Å². The van der Waals surface area contributed by atoms with Gasteiger partial charge in [0.25, 0.3) is 5.56 Å². The highest BCUT2D eigenvalue weighted by Gasteiger charge is 2.37. The first kappa shape index (κ1) is 21.0. The fraction of sp³-hybridized carbons (Fsp3) is 0.444. The molecule has 0 aliphatic heterocycles. The van der Waals surface area contributed by atoms with Crippen molar-refractivity contribution in [1.82, 2.24) is 9.13 Å². The van der Waals surface area contributed by atoms with Gasteiger partial charge in [-0.25, -0.2) is 4.79 Å². The number of anilines is 1. The molecule has 0 spiro atoms. The number of aromatic nitrogens is 2. The molecule has 2 aromatic rings. The van der Waals surface area contributed by atoms with E-state index in [-0.39, 0.29) is 17.8 Å². The van der Waals surface area contributed by atoms with E-state index in [0.717, 1.165) is 9.13 Å². The number of hydrogen-bond donors (Lipinski definition) is 1. The van der Waals surface area contributed by atoms with Crippen molar-refractivity contribution in [3.8, 4) is 11.5 Å². The third-order valence-corrected chi connectivity index (χ3v) is 4.86. The summed E-state index contributed by atoms with van der Waals surface area (Å²) in [5.74, 6) is -0.287. The van der Waals surface area contributed by atoms with E-state index in [1.807, 2.05) is 0 Å². The SMILES string of the molecule is CC[C@@H]([C@@H](c1cc(OC)cc(OC)c1)c1c(N)n(C)c(=O)n(C)c1=O)[N+](=O)[O-]. The first-order valence-electron chi connectivity index (χ1n) is 8.59. The maximum atomic E-state index is 12.9. The highest BCUT2D eigenvalue weighted by Crippen LogP contribution is 2.36.